The largest absolute Gasteiger partial charge is 0.226 e. The Morgan fingerprint density at radius 1 is 0.281 bits per heavy atom. The average Bonchev–Trinajstić information content (AvgIpc) is 3.70. The van der Waals surface area contributed by atoms with E-state index in [0.29, 0.717) is 5.82 Å². The molecule has 0 aliphatic rings. The summed E-state index contributed by atoms with van der Waals surface area (Å²) in [5.41, 5.74) is 13.4. The van der Waals surface area contributed by atoms with Crippen LogP contribution < -0.4 is 0 Å². The number of benzene rings is 9. The minimum Gasteiger partial charge on any atom is -0.226 e. The van der Waals surface area contributed by atoms with E-state index in [-0.39, 0.29) is 0 Å². The van der Waals surface area contributed by atoms with Gasteiger partial charge in [-0.3, -0.25) is 0 Å². The predicted molar refractivity (Wildman–Crippen MR) is 243 cm³/mol. The van der Waals surface area contributed by atoms with Gasteiger partial charge in [0, 0.05) is 26.6 Å². The molecule has 57 heavy (non-hydrogen) atoms. The third-order valence-electron chi connectivity index (χ3n) is 11.1. The highest BCUT2D eigenvalue weighted by molar-refractivity contribution is 7.27. The van der Waals surface area contributed by atoms with Crippen molar-refractivity contribution in [3.05, 3.63) is 206 Å². The van der Waals surface area contributed by atoms with Gasteiger partial charge < -0.3 is 0 Å². The van der Waals surface area contributed by atoms with Gasteiger partial charge in [-0.2, -0.15) is 0 Å². The van der Waals surface area contributed by atoms with Crippen molar-refractivity contribution in [3.63, 3.8) is 0 Å². The molecule has 0 radical (unpaired) electrons. The number of fused-ring (bicyclic) bond motifs is 8. The van der Waals surface area contributed by atoms with E-state index in [1.165, 1.54) is 59.4 Å². The molecule has 11 aromatic rings. The number of hydrogen-bond acceptors (Lipinski definition) is 3. The van der Waals surface area contributed by atoms with Crippen LogP contribution in [0.5, 0.6) is 0 Å². The van der Waals surface area contributed by atoms with E-state index in [4.69, 9.17) is 9.97 Å². The zero-order valence-electron chi connectivity index (χ0n) is 30.9. The summed E-state index contributed by atoms with van der Waals surface area (Å²) < 4.78 is 2.34. The van der Waals surface area contributed by atoms with E-state index >= 15 is 0 Å². The Bertz CT molecular complexity index is 3290. The third kappa shape index (κ3) is 5.88. The van der Waals surface area contributed by atoms with Gasteiger partial charge >= 0.3 is 0 Å². The maximum absolute atomic E-state index is 5.50. The lowest BCUT2D eigenvalue weighted by Crippen LogP contribution is -1.94. The fraction of sp³-hybridized carbons (Fsp3) is 0. The lowest BCUT2D eigenvalue weighted by molar-refractivity contribution is 1.24. The van der Waals surface area contributed by atoms with Crippen molar-refractivity contribution in [1.29, 1.82) is 0 Å². The van der Waals surface area contributed by atoms with Crippen LogP contribution in [0.2, 0.25) is 0 Å². The van der Waals surface area contributed by atoms with Crippen LogP contribution >= 0.6 is 11.3 Å². The number of nitrogens with zero attached hydrogens (tertiary/aromatic N) is 2. The Labute approximate surface area is 335 Å². The summed E-state index contributed by atoms with van der Waals surface area (Å²) >= 11 is 1.81. The number of rotatable bonds is 6. The van der Waals surface area contributed by atoms with Crippen molar-refractivity contribution in [2.45, 2.75) is 0 Å². The first-order valence-electron chi connectivity index (χ1n) is 19.3. The molecule has 2 nitrogen and oxygen atoms in total. The van der Waals surface area contributed by atoms with Gasteiger partial charge in [0.2, 0.25) is 0 Å². The average molecular weight is 743 g/mol. The summed E-state index contributed by atoms with van der Waals surface area (Å²) in [5, 5.41) is 6.14. The predicted octanol–water partition coefficient (Wildman–Crippen LogP) is 15.2. The summed E-state index contributed by atoms with van der Waals surface area (Å²) in [5.74, 6) is 0.715. The zero-order valence-corrected chi connectivity index (χ0v) is 31.7. The summed E-state index contributed by atoms with van der Waals surface area (Å²) in [7, 11) is 0. The van der Waals surface area contributed by atoms with Crippen molar-refractivity contribution >= 4 is 53.2 Å². The van der Waals surface area contributed by atoms with Crippen molar-refractivity contribution in [2.24, 2.45) is 0 Å². The highest BCUT2D eigenvalue weighted by Crippen LogP contribution is 2.46. The zero-order chi connectivity index (χ0) is 37.7. The maximum atomic E-state index is 5.50. The molecule has 0 aliphatic heterocycles. The van der Waals surface area contributed by atoms with E-state index in [2.05, 4.69) is 206 Å². The van der Waals surface area contributed by atoms with Crippen LogP contribution in [0.25, 0.3) is 109 Å². The molecule has 2 aromatic heterocycles. The normalized spacial score (nSPS) is 11.5. The minimum atomic E-state index is 0.715. The van der Waals surface area contributed by atoms with Crippen LogP contribution in [0.3, 0.4) is 0 Å². The van der Waals surface area contributed by atoms with Crippen LogP contribution in [0.1, 0.15) is 0 Å². The van der Waals surface area contributed by atoms with Gasteiger partial charge in [0.15, 0.2) is 5.82 Å². The van der Waals surface area contributed by atoms with E-state index in [1.54, 1.807) is 0 Å². The maximum Gasteiger partial charge on any atom is 0.160 e. The van der Waals surface area contributed by atoms with E-state index in [1.807, 2.05) is 11.3 Å². The molecule has 266 valence electrons. The fourth-order valence-electron chi connectivity index (χ4n) is 8.30. The van der Waals surface area contributed by atoms with Crippen molar-refractivity contribution < 1.29 is 0 Å². The first-order valence-corrected chi connectivity index (χ1v) is 20.1. The molecule has 0 N–H and O–H groups in total. The smallest absolute Gasteiger partial charge is 0.160 e. The third-order valence-corrected chi connectivity index (χ3v) is 12.3. The highest BCUT2D eigenvalue weighted by Gasteiger charge is 2.21. The van der Waals surface area contributed by atoms with E-state index < -0.39 is 0 Å². The molecule has 11 rings (SSSR count). The van der Waals surface area contributed by atoms with Crippen molar-refractivity contribution in [2.75, 3.05) is 0 Å². The number of hydrogen-bond donors (Lipinski definition) is 0. The fourth-order valence-corrected chi connectivity index (χ4v) is 9.60. The SMILES string of the molecule is c1ccc(-c2cccc(-c3cccc(-c4nc(-c5cccc(-c6cccc(-c7ccccc7)c6)c5)c5sc6c7ccccc7c7ccccc7c6c5n4)c3)c2)cc1. The summed E-state index contributed by atoms with van der Waals surface area (Å²) in [6.45, 7) is 0. The molecule has 0 atom stereocenters. The molecule has 0 spiro atoms. The van der Waals surface area contributed by atoms with Gasteiger partial charge in [0.25, 0.3) is 0 Å². The molecular weight excluding hydrogens is 709 g/mol. The minimum absolute atomic E-state index is 0.715. The Kier molecular flexibility index (Phi) is 8.04. The quantitative estimate of drug-likeness (QED) is 0.159. The Morgan fingerprint density at radius 2 is 0.667 bits per heavy atom. The van der Waals surface area contributed by atoms with Crippen LogP contribution in [0, 0.1) is 0 Å². The topological polar surface area (TPSA) is 25.8 Å². The van der Waals surface area contributed by atoms with Gasteiger partial charge in [0.1, 0.15) is 0 Å². The van der Waals surface area contributed by atoms with Gasteiger partial charge in [-0.1, -0.05) is 182 Å². The lowest BCUT2D eigenvalue weighted by atomic mass is 9.96. The first kappa shape index (κ1) is 33.2. The van der Waals surface area contributed by atoms with Gasteiger partial charge in [-0.25, -0.2) is 9.97 Å². The summed E-state index contributed by atoms with van der Waals surface area (Å²) in [6, 6.07) is 73.8. The van der Waals surface area contributed by atoms with Crippen LogP contribution in [0.4, 0.5) is 0 Å². The molecule has 0 aliphatic carbocycles. The van der Waals surface area contributed by atoms with Crippen molar-refractivity contribution in [3.8, 4) is 67.2 Å². The van der Waals surface area contributed by atoms with Crippen LogP contribution in [-0.4, -0.2) is 9.97 Å². The number of thiophene rings is 1. The monoisotopic (exact) mass is 742 g/mol. The van der Waals surface area contributed by atoms with Gasteiger partial charge in [-0.05, 0) is 84.9 Å². The first-order chi connectivity index (χ1) is 28.2. The molecule has 0 saturated carbocycles. The van der Waals surface area contributed by atoms with Crippen LogP contribution in [-0.2, 0) is 0 Å². The summed E-state index contributed by atoms with van der Waals surface area (Å²) in [6.07, 6.45) is 0. The van der Waals surface area contributed by atoms with Crippen molar-refractivity contribution in [1.82, 2.24) is 9.97 Å². The molecule has 0 amide bonds. The Hall–Kier alpha value is -7.20. The van der Waals surface area contributed by atoms with Gasteiger partial charge in [0.05, 0.1) is 15.9 Å². The second kappa shape index (κ2) is 13.8. The number of aromatic nitrogens is 2. The molecule has 3 heteroatoms. The Morgan fingerprint density at radius 3 is 1.23 bits per heavy atom. The van der Waals surface area contributed by atoms with Gasteiger partial charge in [-0.15, -0.1) is 11.3 Å². The second-order valence-electron chi connectivity index (χ2n) is 14.5. The van der Waals surface area contributed by atoms with E-state index in [9.17, 15) is 0 Å². The molecule has 9 aromatic carbocycles. The molecule has 0 bridgehead atoms. The standard InChI is InChI=1S/C54H34N2S/c1-3-15-35(16-4-1)37-19-11-21-39(31-37)41-23-13-25-43(33-41)50-53-51(49-47-29-9-7-27-45(47)46-28-8-10-30-48(46)52(49)57-53)56-54(55-50)44-26-14-24-42(34-44)40-22-12-20-38(32-40)36-17-5-2-6-18-36/h1-34H. The molecule has 0 unspecified atom stereocenters. The molecular formula is C54H34N2S. The molecule has 0 saturated heterocycles. The summed E-state index contributed by atoms with van der Waals surface area (Å²) in [4.78, 5) is 11.0. The van der Waals surface area contributed by atoms with Crippen LogP contribution in [0.15, 0.2) is 206 Å². The highest BCUT2D eigenvalue weighted by atomic mass is 32.1. The Balaban J connectivity index is 1.13. The molecule has 0 fully saturated rings. The lowest BCUT2D eigenvalue weighted by Gasteiger charge is -2.11. The second-order valence-corrected chi connectivity index (χ2v) is 15.5. The molecule has 2 heterocycles. The van der Waals surface area contributed by atoms with E-state index in [0.717, 1.165) is 43.7 Å².